The van der Waals surface area contributed by atoms with Gasteiger partial charge in [0, 0.05) is 29.0 Å². The van der Waals surface area contributed by atoms with Gasteiger partial charge in [-0.25, -0.2) is 0 Å². The summed E-state index contributed by atoms with van der Waals surface area (Å²) in [4.78, 5) is 3.98. The van der Waals surface area contributed by atoms with Gasteiger partial charge in [-0.2, -0.15) is 15.4 Å². The molecule has 0 aromatic carbocycles. The van der Waals surface area contributed by atoms with Gasteiger partial charge < -0.3 is 0 Å². The Morgan fingerprint density at radius 2 is 1.77 bits per heavy atom. The standard InChI is InChI=1S/C6H7N.C2H3N3.Cu/c1-6-4-2-3-5-7-6;1-2-4-5-3-1;/h2-5H,1H3;1-2H,(H,3,4,5);. The number of aromatic nitrogens is 4. The first-order chi connectivity index (χ1) is 5.89. The van der Waals surface area contributed by atoms with E-state index in [1.165, 1.54) is 0 Å². The predicted octanol–water partition coefficient (Wildman–Crippen LogP) is 1.19. The third kappa shape index (κ3) is 6.02. The van der Waals surface area contributed by atoms with E-state index < -0.39 is 0 Å². The molecule has 0 aliphatic carbocycles. The smallest absolute Gasteiger partial charge is 0.0690 e. The molecule has 1 N–H and O–H groups in total. The van der Waals surface area contributed by atoms with Gasteiger partial charge in [0.25, 0.3) is 0 Å². The Kier molecular flexibility index (Phi) is 6.78. The van der Waals surface area contributed by atoms with Crippen LogP contribution in [0.2, 0.25) is 0 Å². The second-order valence-electron chi connectivity index (χ2n) is 2.13. The molecule has 0 saturated carbocycles. The van der Waals surface area contributed by atoms with Crippen LogP contribution in [0.25, 0.3) is 0 Å². The Hall–Kier alpha value is -1.19. The van der Waals surface area contributed by atoms with Gasteiger partial charge in [-0.3, -0.25) is 4.98 Å². The van der Waals surface area contributed by atoms with Crippen LogP contribution in [0, 0.1) is 6.92 Å². The first-order valence-corrected chi connectivity index (χ1v) is 3.57. The zero-order valence-corrected chi connectivity index (χ0v) is 8.05. The number of hydrogen-bond donors (Lipinski definition) is 1. The van der Waals surface area contributed by atoms with Gasteiger partial charge >= 0.3 is 0 Å². The van der Waals surface area contributed by atoms with Crippen LogP contribution in [0.4, 0.5) is 0 Å². The van der Waals surface area contributed by atoms with E-state index >= 15 is 0 Å². The molecule has 0 fully saturated rings. The minimum absolute atomic E-state index is 0. The monoisotopic (exact) mass is 225 g/mol. The summed E-state index contributed by atoms with van der Waals surface area (Å²) in [6, 6.07) is 5.86. The molecule has 0 atom stereocenters. The fourth-order valence-corrected chi connectivity index (χ4v) is 0.615. The predicted molar refractivity (Wildman–Crippen MR) is 45.4 cm³/mol. The SMILES string of the molecule is Cc1ccccn1.[Cu].c1cn[nH]n1. The van der Waals surface area contributed by atoms with E-state index in [-0.39, 0.29) is 17.1 Å². The van der Waals surface area contributed by atoms with Crippen LogP contribution in [0.15, 0.2) is 36.8 Å². The van der Waals surface area contributed by atoms with Gasteiger partial charge in [0.05, 0.1) is 12.4 Å². The second-order valence-corrected chi connectivity index (χ2v) is 2.13. The Morgan fingerprint density at radius 1 is 1.08 bits per heavy atom. The molecule has 0 spiro atoms. The van der Waals surface area contributed by atoms with E-state index in [9.17, 15) is 0 Å². The fourth-order valence-electron chi connectivity index (χ4n) is 0.615. The normalized spacial score (nSPS) is 7.77. The maximum atomic E-state index is 3.98. The molecule has 2 aromatic heterocycles. The number of nitrogens with zero attached hydrogens (tertiary/aromatic N) is 3. The Balaban J connectivity index is 0.000000215. The van der Waals surface area contributed by atoms with Crippen molar-refractivity contribution in [3.8, 4) is 0 Å². The van der Waals surface area contributed by atoms with E-state index in [0.29, 0.717) is 0 Å². The van der Waals surface area contributed by atoms with Crippen molar-refractivity contribution in [1.29, 1.82) is 0 Å². The van der Waals surface area contributed by atoms with Gasteiger partial charge in [0.15, 0.2) is 0 Å². The average Bonchev–Trinajstić information content (AvgIpc) is 2.62. The molecule has 0 unspecified atom stereocenters. The van der Waals surface area contributed by atoms with Crippen LogP contribution in [0.5, 0.6) is 0 Å². The minimum atomic E-state index is 0. The van der Waals surface area contributed by atoms with Gasteiger partial charge in [0.2, 0.25) is 0 Å². The van der Waals surface area contributed by atoms with Crippen molar-refractivity contribution >= 4 is 0 Å². The van der Waals surface area contributed by atoms with E-state index in [1.54, 1.807) is 18.6 Å². The van der Waals surface area contributed by atoms with Crippen molar-refractivity contribution < 1.29 is 17.1 Å². The van der Waals surface area contributed by atoms with E-state index in [4.69, 9.17) is 0 Å². The Labute approximate surface area is 87.3 Å². The summed E-state index contributed by atoms with van der Waals surface area (Å²) in [5, 5.41) is 9.33. The summed E-state index contributed by atoms with van der Waals surface area (Å²) in [5.41, 5.74) is 1.07. The van der Waals surface area contributed by atoms with Crippen molar-refractivity contribution in [3.05, 3.63) is 42.5 Å². The zero-order chi connectivity index (χ0) is 8.65. The van der Waals surface area contributed by atoms with Crippen molar-refractivity contribution in [3.63, 3.8) is 0 Å². The first-order valence-electron chi connectivity index (χ1n) is 3.57. The number of aromatic amines is 1. The van der Waals surface area contributed by atoms with E-state index in [1.807, 2.05) is 25.1 Å². The summed E-state index contributed by atoms with van der Waals surface area (Å²) < 4.78 is 0. The number of nitrogens with one attached hydrogen (secondary N) is 1. The first kappa shape index (κ1) is 11.8. The summed E-state index contributed by atoms with van der Waals surface area (Å²) in [6.07, 6.45) is 4.95. The van der Waals surface area contributed by atoms with Gasteiger partial charge in [0.1, 0.15) is 0 Å². The van der Waals surface area contributed by atoms with Crippen LogP contribution in [-0.2, 0) is 17.1 Å². The summed E-state index contributed by atoms with van der Waals surface area (Å²) in [5.74, 6) is 0. The van der Waals surface area contributed by atoms with Crippen molar-refractivity contribution in [2.24, 2.45) is 0 Å². The number of H-pyrrole nitrogens is 1. The molecule has 13 heavy (non-hydrogen) atoms. The zero-order valence-electron chi connectivity index (χ0n) is 7.11. The third-order valence-corrected chi connectivity index (χ3v) is 1.14. The number of aryl methyl sites for hydroxylation is 1. The molecule has 2 rings (SSSR count). The molecular formula is C8H10CuN4. The molecule has 1 radical (unpaired) electrons. The number of rotatable bonds is 0. The van der Waals surface area contributed by atoms with Gasteiger partial charge in [-0.15, -0.1) is 0 Å². The fraction of sp³-hybridized carbons (Fsp3) is 0.125. The van der Waals surface area contributed by atoms with Crippen LogP contribution >= 0.6 is 0 Å². The molecule has 0 aliphatic rings. The van der Waals surface area contributed by atoms with Crippen LogP contribution < -0.4 is 0 Å². The topological polar surface area (TPSA) is 54.5 Å². The number of hydrogen-bond acceptors (Lipinski definition) is 3. The molecule has 0 aliphatic heterocycles. The summed E-state index contributed by atoms with van der Waals surface area (Å²) >= 11 is 0. The largest absolute Gasteiger partial charge is 0.262 e. The van der Waals surface area contributed by atoms with Gasteiger partial charge in [-0.1, -0.05) is 6.07 Å². The second kappa shape index (κ2) is 7.46. The molecule has 0 bridgehead atoms. The molecule has 5 heteroatoms. The van der Waals surface area contributed by atoms with Crippen LogP contribution in [-0.4, -0.2) is 20.4 Å². The number of pyridine rings is 1. The molecule has 0 amide bonds. The Morgan fingerprint density at radius 3 is 2.00 bits per heavy atom. The Bertz CT molecular complexity index is 265. The molecule has 0 saturated heterocycles. The van der Waals surface area contributed by atoms with E-state index in [2.05, 4.69) is 20.4 Å². The van der Waals surface area contributed by atoms with Crippen molar-refractivity contribution in [2.75, 3.05) is 0 Å². The van der Waals surface area contributed by atoms with Crippen LogP contribution in [0.3, 0.4) is 0 Å². The molecule has 2 heterocycles. The maximum absolute atomic E-state index is 3.98. The van der Waals surface area contributed by atoms with Gasteiger partial charge in [-0.05, 0) is 19.1 Å². The van der Waals surface area contributed by atoms with E-state index in [0.717, 1.165) is 5.69 Å². The third-order valence-electron chi connectivity index (χ3n) is 1.14. The van der Waals surface area contributed by atoms with Crippen molar-refractivity contribution in [2.45, 2.75) is 6.92 Å². The molecule has 2 aromatic rings. The van der Waals surface area contributed by atoms with Crippen molar-refractivity contribution in [1.82, 2.24) is 20.4 Å². The maximum Gasteiger partial charge on any atom is 0.0690 e. The molecular weight excluding hydrogens is 216 g/mol. The summed E-state index contributed by atoms with van der Waals surface area (Å²) in [6.45, 7) is 1.97. The average molecular weight is 226 g/mol. The molecule has 73 valence electrons. The molecule has 4 nitrogen and oxygen atoms in total. The van der Waals surface area contributed by atoms with Crippen LogP contribution in [0.1, 0.15) is 5.69 Å². The quantitative estimate of drug-likeness (QED) is 0.686. The summed E-state index contributed by atoms with van der Waals surface area (Å²) in [7, 11) is 0. The minimum Gasteiger partial charge on any atom is -0.262 e.